The maximum atomic E-state index is 11.5. The summed E-state index contributed by atoms with van der Waals surface area (Å²) in [5, 5.41) is 17.0. The van der Waals surface area contributed by atoms with Crippen LogP contribution in [0.15, 0.2) is 34.5 Å². The third-order valence-electron chi connectivity index (χ3n) is 3.12. The average molecular weight is 285 g/mol. The molecule has 0 unspecified atom stereocenters. The zero-order valence-electron chi connectivity index (χ0n) is 12.0. The van der Waals surface area contributed by atoms with Crippen LogP contribution in [-0.4, -0.2) is 21.8 Å². The molecule has 21 heavy (non-hydrogen) atoms. The van der Waals surface area contributed by atoms with E-state index in [-0.39, 0.29) is 11.3 Å². The molecule has 0 aliphatic heterocycles. The highest BCUT2D eigenvalue weighted by atomic mass is 16.4. The van der Waals surface area contributed by atoms with E-state index >= 15 is 0 Å². The van der Waals surface area contributed by atoms with Gasteiger partial charge in [0.2, 0.25) is 0 Å². The van der Waals surface area contributed by atoms with E-state index in [4.69, 9.17) is 5.11 Å². The van der Waals surface area contributed by atoms with E-state index in [1.54, 1.807) is 26.0 Å². The van der Waals surface area contributed by atoms with Crippen LogP contribution in [0, 0.1) is 13.8 Å². The summed E-state index contributed by atoms with van der Waals surface area (Å²) in [4.78, 5) is 25.4. The summed E-state index contributed by atoms with van der Waals surface area (Å²) in [6.07, 6.45) is 0. The molecule has 1 aromatic heterocycles. The number of nitrogens with one attached hydrogen (secondary N) is 1. The summed E-state index contributed by atoms with van der Waals surface area (Å²) in [6.45, 7) is 5.09. The van der Waals surface area contributed by atoms with Crippen molar-refractivity contribution in [2.24, 2.45) is 10.2 Å². The largest absolute Gasteiger partial charge is 0.478 e. The molecule has 0 amide bonds. The van der Waals surface area contributed by atoms with Crippen LogP contribution in [0.3, 0.4) is 0 Å². The predicted octanol–water partition coefficient (Wildman–Crippen LogP) is 3.95. The number of aromatic amines is 1. The topological polar surface area (TPSA) is 94.9 Å². The fraction of sp³-hybridized carbons (Fsp3) is 0.200. The molecular weight excluding hydrogens is 270 g/mol. The van der Waals surface area contributed by atoms with Gasteiger partial charge < -0.3 is 10.1 Å². The van der Waals surface area contributed by atoms with E-state index in [0.717, 1.165) is 11.3 Å². The van der Waals surface area contributed by atoms with E-state index in [1.165, 1.54) is 19.1 Å². The fourth-order valence-corrected chi connectivity index (χ4v) is 2.17. The Labute approximate surface area is 121 Å². The molecule has 6 nitrogen and oxygen atoms in total. The van der Waals surface area contributed by atoms with Gasteiger partial charge in [-0.25, -0.2) is 4.79 Å². The lowest BCUT2D eigenvalue weighted by atomic mass is 10.1. The molecule has 108 valence electrons. The molecule has 0 aliphatic rings. The van der Waals surface area contributed by atoms with Gasteiger partial charge in [-0.1, -0.05) is 6.07 Å². The minimum absolute atomic E-state index is 0.0319. The van der Waals surface area contributed by atoms with Crippen LogP contribution >= 0.6 is 0 Å². The lowest BCUT2D eigenvalue weighted by Crippen LogP contribution is -1.94. The Kier molecular flexibility index (Phi) is 3.98. The minimum atomic E-state index is -1.02. The van der Waals surface area contributed by atoms with E-state index in [2.05, 4.69) is 15.2 Å². The van der Waals surface area contributed by atoms with Crippen LogP contribution in [0.1, 0.15) is 38.9 Å². The van der Waals surface area contributed by atoms with Crippen molar-refractivity contribution < 1.29 is 14.7 Å². The van der Waals surface area contributed by atoms with Gasteiger partial charge in [0.05, 0.1) is 11.3 Å². The van der Waals surface area contributed by atoms with Gasteiger partial charge >= 0.3 is 5.97 Å². The van der Waals surface area contributed by atoms with Gasteiger partial charge in [0.15, 0.2) is 11.6 Å². The van der Waals surface area contributed by atoms with Crippen molar-refractivity contribution in [1.29, 1.82) is 0 Å². The summed E-state index contributed by atoms with van der Waals surface area (Å²) in [6, 6.07) is 6.18. The third kappa shape index (κ3) is 3.05. The summed E-state index contributed by atoms with van der Waals surface area (Å²) < 4.78 is 0. The molecule has 0 atom stereocenters. The summed E-state index contributed by atoms with van der Waals surface area (Å²) in [5.41, 5.74) is 2.68. The molecule has 6 heteroatoms. The number of nitrogens with zero attached hydrogens (tertiary/aromatic N) is 2. The molecule has 0 saturated heterocycles. The Balaban J connectivity index is 2.34. The number of carboxylic acids is 1. The highest BCUT2D eigenvalue weighted by Crippen LogP contribution is 2.27. The lowest BCUT2D eigenvalue weighted by Gasteiger charge is -1.96. The molecule has 0 saturated carbocycles. The number of hydrogen-bond donors (Lipinski definition) is 2. The summed E-state index contributed by atoms with van der Waals surface area (Å²) >= 11 is 0. The molecule has 1 aromatic carbocycles. The quantitative estimate of drug-likeness (QED) is 0.657. The molecule has 0 fully saturated rings. The summed E-state index contributed by atoms with van der Waals surface area (Å²) in [7, 11) is 0. The van der Waals surface area contributed by atoms with Crippen LogP contribution < -0.4 is 0 Å². The molecule has 2 rings (SSSR count). The first-order valence-electron chi connectivity index (χ1n) is 6.35. The number of benzene rings is 1. The van der Waals surface area contributed by atoms with E-state index in [0.29, 0.717) is 17.1 Å². The second-order valence-corrected chi connectivity index (χ2v) is 4.71. The van der Waals surface area contributed by atoms with Crippen molar-refractivity contribution in [1.82, 2.24) is 4.98 Å². The number of azo groups is 1. The normalized spacial score (nSPS) is 11.0. The second kappa shape index (κ2) is 5.70. The van der Waals surface area contributed by atoms with Gasteiger partial charge in [0.1, 0.15) is 0 Å². The summed E-state index contributed by atoms with van der Waals surface area (Å²) in [5.74, 6) is -0.549. The first kappa shape index (κ1) is 14.6. The van der Waals surface area contributed by atoms with Crippen molar-refractivity contribution in [3.63, 3.8) is 0 Å². The second-order valence-electron chi connectivity index (χ2n) is 4.71. The zero-order valence-corrected chi connectivity index (χ0v) is 12.0. The van der Waals surface area contributed by atoms with Gasteiger partial charge in [-0.15, -0.1) is 10.2 Å². The van der Waals surface area contributed by atoms with Crippen LogP contribution in [-0.2, 0) is 0 Å². The Hall–Kier alpha value is -2.76. The number of H-pyrrole nitrogens is 1. The van der Waals surface area contributed by atoms with Gasteiger partial charge in [-0.2, -0.15) is 0 Å². The standard InChI is InChI=1S/C15H15N3O3/c1-8-13(10(3)19)9(2)16-14(8)18-17-12-6-4-5-11(7-12)15(20)21/h4-7,16H,1-3H3,(H,20,21). The molecule has 2 aromatic rings. The average Bonchev–Trinajstić information content (AvgIpc) is 2.71. The van der Waals surface area contributed by atoms with E-state index in [1.807, 2.05) is 0 Å². The SMILES string of the molecule is CC(=O)c1c(C)[nH]c(N=Nc2cccc(C(=O)O)c2)c1C. The molecule has 1 heterocycles. The Morgan fingerprint density at radius 2 is 1.90 bits per heavy atom. The first-order chi connectivity index (χ1) is 9.90. The number of carboxylic acid groups (broad SMARTS) is 1. The maximum Gasteiger partial charge on any atom is 0.335 e. The predicted molar refractivity (Wildman–Crippen MR) is 77.8 cm³/mol. The van der Waals surface area contributed by atoms with Crippen molar-refractivity contribution in [2.75, 3.05) is 0 Å². The van der Waals surface area contributed by atoms with Gasteiger partial charge in [0.25, 0.3) is 0 Å². The Morgan fingerprint density at radius 1 is 1.19 bits per heavy atom. The van der Waals surface area contributed by atoms with Gasteiger partial charge in [-0.05, 0) is 39.0 Å². The number of carbonyl (C=O) groups excluding carboxylic acids is 1. The monoisotopic (exact) mass is 285 g/mol. The number of aryl methyl sites for hydroxylation is 1. The maximum absolute atomic E-state index is 11.5. The van der Waals surface area contributed by atoms with Crippen LogP contribution in [0.4, 0.5) is 11.5 Å². The highest BCUT2D eigenvalue weighted by Gasteiger charge is 2.14. The third-order valence-corrected chi connectivity index (χ3v) is 3.12. The molecular formula is C15H15N3O3. The van der Waals surface area contributed by atoms with E-state index in [9.17, 15) is 9.59 Å². The van der Waals surface area contributed by atoms with Crippen molar-refractivity contribution >= 4 is 23.3 Å². The van der Waals surface area contributed by atoms with Crippen molar-refractivity contribution in [3.8, 4) is 0 Å². The van der Waals surface area contributed by atoms with Crippen LogP contribution in [0.25, 0.3) is 0 Å². The molecule has 0 radical (unpaired) electrons. The molecule has 0 aliphatic carbocycles. The van der Waals surface area contributed by atoms with Crippen molar-refractivity contribution in [3.05, 3.63) is 46.6 Å². The number of rotatable bonds is 4. The van der Waals surface area contributed by atoms with Crippen LogP contribution in [0.5, 0.6) is 0 Å². The number of carbonyl (C=O) groups is 2. The number of aromatic carboxylic acids is 1. The first-order valence-corrected chi connectivity index (χ1v) is 6.35. The highest BCUT2D eigenvalue weighted by molar-refractivity contribution is 5.98. The zero-order chi connectivity index (χ0) is 15.6. The van der Waals surface area contributed by atoms with Gasteiger partial charge in [-0.3, -0.25) is 4.79 Å². The fourth-order valence-electron chi connectivity index (χ4n) is 2.17. The number of aromatic nitrogens is 1. The minimum Gasteiger partial charge on any atom is -0.478 e. The molecule has 0 bridgehead atoms. The number of hydrogen-bond acceptors (Lipinski definition) is 4. The van der Waals surface area contributed by atoms with Crippen molar-refractivity contribution in [2.45, 2.75) is 20.8 Å². The van der Waals surface area contributed by atoms with Gasteiger partial charge in [0, 0.05) is 16.8 Å². The van der Waals surface area contributed by atoms with Crippen LogP contribution in [0.2, 0.25) is 0 Å². The molecule has 2 N–H and O–H groups in total. The lowest BCUT2D eigenvalue weighted by molar-refractivity contribution is 0.0696. The Bertz CT molecular complexity index is 745. The van der Waals surface area contributed by atoms with E-state index < -0.39 is 5.97 Å². The number of Topliss-reactive ketones (excluding diaryl/α,β-unsaturated/α-hetero) is 1. The molecule has 0 spiro atoms. The number of ketones is 1. The smallest absolute Gasteiger partial charge is 0.335 e. The Morgan fingerprint density at radius 3 is 2.48 bits per heavy atom.